The molecule has 0 heterocycles. The highest BCUT2D eigenvalue weighted by Crippen LogP contribution is 1.62. The standard InChI is InChI=1S/C4H11N.H3P/c1-3-4-5-2;/h5H,3-4H2,1-2H3;1H3. The van der Waals surface area contributed by atoms with E-state index in [2.05, 4.69) is 12.2 Å². The van der Waals surface area contributed by atoms with Gasteiger partial charge in [0.05, 0.1) is 0 Å². The molecule has 0 bridgehead atoms. The van der Waals surface area contributed by atoms with Gasteiger partial charge < -0.3 is 5.32 Å². The van der Waals surface area contributed by atoms with E-state index in [1.165, 1.54) is 6.42 Å². The fraction of sp³-hybridized carbons (Fsp3) is 1.00. The van der Waals surface area contributed by atoms with Gasteiger partial charge in [0.15, 0.2) is 0 Å². The number of rotatable bonds is 2. The molecule has 2 heteroatoms. The van der Waals surface area contributed by atoms with Gasteiger partial charge in [-0.1, -0.05) is 6.92 Å². The Kier molecular flexibility index (Phi) is 14.5. The van der Waals surface area contributed by atoms with Gasteiger partial charge in [0.1, 0.15) is 0 Å². The molecular weight excluding hydrogens is 93.0 g/mol. The Bertz CT molecular complexity index is 15.0. The summed E-state index contributed by atoms with van der Waals surface area (Å²) in [6, 6.07) is 0. The average Bonchev–Trinajstić information content (AvgIpc) is 1.41. The second kappa shape index (κ2) is 9.04. The molecule has 0 saturated carbocycles. The molecule has 0 aromatic heterocycles. The van der Waals surface area contributed by atoms with Crippen LogP contribution in [0.4, 0.5) is 0 Å². The van der Waals surface area contributed by atoms with Gasteiger partial charge in [-0.05, 0) is 20.0 Å². The number of nitrogens with one attached hydrogen (secondary N) is 1. The van der Waals surface area contributed by atoms with Crippen molar-refractivity contribution in [3.8, 4) is 0 Å². The van der Waals surface area contributed by atoms with Gasteiger partial charge in [-0.3, -0.25) is 0 Å². The lowest BCUT2D eigenvalue weighted by Crippen LogP contribution is -2.04. The Hall–Kier alpha value is 0.390. The van der Waals surface area contributed by atoms with Crippen molar-refractivity contribution < 1.29 is 0 Å². The van der Waals surface area contributed by atoms with Crippen LogP contribution in [-0.4, -0.2) is 13.6 Å². The Morgan fingerprint density at radius 3 is 2.00 bits per heavy atom. The smallest absolute Gasteiger partial charge is 0.00546 e. The Morgan fingerprint density at radius 1 is 1.50 bits per heavy atom. The summed E-state index contributed by atoms with van der Waals surface area (Å²) in [7, 11) is 1.96. The topological polar surface area (TPSA) is 12.0 Å². The first-order valence-electron chi connectivity index (χ1n) is 2.06. The zero-order valence-corrected chi connectivity index (χ0v) is 6.04. The van der Waals surface area contributed by atoms with Crippen LogP contribution in [0.25, 0.3) is 0 Å². The minimum Gasteiger partial charge on any atom is -0.320 e. The molecule has 0 amide bonds. The van der Waals surface area contributed by atoms with Crippen molar-refractivity contribution in [2.45, 2.75) is 13.3 Å². The van der Waals surface area contributed by atoms with E-state index in [-0.39, 0.29) is 9.90 Å². The van der Waals surface area contributed by atoms with Crippen molar-refractivity contribution in [1.29, 1.82) is 0 Å². The number of hydrogen-bond acceptors (Lipinski definition) is 1. The van der Waals surface area contributed by atoms with Crippen LogP contribution in [0, 0.1) is 0 Å². The zero-order chi connectivity index (χ0) is 4.12. The molecule has 1 unspecified atom stereocenters. The van der Waals surface area contributed by atoms with Gasteiger partial charge >= 0.3 is 0 Å². The third-order valence-electron chi connectivity index (χ3n) is 0.500. The second-order valence-electron chi connectivity index (χ2n) is 1.10. The lowest BCUT2D eigenvalue weighted by atomic mass is 10.5. The Balaban J connectivity index is 0. The quantitative estimate of drug-likeness (QED) is 0.511. The van der Waals surface area contributed by atoms with E-state index in [0.717, 1.165) is 6.54 Å². The van der Waals surface area contributed by atoms with Gasteiger partial charge in [0.2, 0.25) is 0 Å². The molecule has 0 saturated heterocycles. The minimum atomic E-state index is 0. The fourth-order valence-electron chi connectivity index (χ4n) is 0.250. The van der Waals surface area contributed by atoms with E-state index in [1.54, 1.807) is 0 Å². The molecule has 0 aliphatic rings. The van der Waals surface area contributed by atoms with Crippen LogP contribution in [0.5, 0.6) is 0 Å². The molecule has 0 aliphatic carbocycles. The van der Waals surface area contributed by atoms with Crippen LogP contribution >= 0.6 is 9.90 Å². The normalized spacial score (nSPS) is 7.00. The monoisotopic (exact) mass is 107 g/mol. The summed E-state index contributed by atoms with van der Waals surface area (Å²) in [5.74, 6) is 0. The summed E-state index contributed by atoms with van der Waals surface area (Å²) in [5, 5.41) is 3.02. The highest BCUT2D eigenvalue weighted by molar-refractivity contribution is 6.92. The Morgan fingerprint density at radius 2 is 2.00 bits per heavy atom. The molecular formula is C4H14NP. The maximum Gasteiger partial charge on any atom is -0.00546 e. The SMILES string of the molecule is CCCNC.P. The first kappa shape index (κ1) is 9.63. The van der Waals surface area contributed by atoms with Crippen molar-refractivity contribution in [3.63, 3.8) is 0 Å². The van der Waals surface area contributed by atoms with E-state index >= 15 is 0 Å². The van der Waals surface area contributed by atoms with E-state index in [4.69, 9.17) is 0 Å². The minimum absolute atomic E-state index is 0. The summed E-state index contributed by atoms with van der Waals surface area (Å²) in [6.07, 6.45) is 1.23. The van der Waals surface area contributed by atoms with Crippen LogP contribution in [0.1, 0.15) is 13.3 Å². The maximum absolute atomic E-state index is 3.02. The molecule has 6 heavy (non-hydrogen) atoms. The molecule has 0 aliphatic heterocycles. The molecule has 1 N–H and O–H groups in total. The fourth-order valence-corrected chi connectivity index (χ4v) is 0.250. The summed E-state index contributed by atoms with van der Waals surface area (Å²) >= 11 is 0. The maximum atomic E-state index is 3.02. The number of hydrogen-bond donors (Lipinski definition) is 1. The predicted molar refractivity (Wildman–Crippen MR) is 35.3 cm³/mol. The highest BCUT2D eigenvalue weighted by Gasteiger charge is 1.64. The summed E-state index contributed by atoms with van der Waals surface area (Å²) in [6.45, 7) is 3.29. The van der Waals surface area contributed by atoms with Crippen LogP contribution in [-0.2, 0) is 0 Å². The van der Waals surface area contributed by atoms with Gasteiger partial charge in [0, 0.05) is 0 Å². The first-order valence-corrected chi connectivity index (χ1v) is 2.06. The first-order chi connectivity index (χ1) is 2.41. The summed E-state index contributed by atoms with van der Waals surface area (Å²) in [5.41, 5.74) is 0. The van der Waals surface area contributed by atoms with E-state index in [1.807, 2.05) is 7.05 Å². The lowest BCUT2D eigenvalue weighted by molar-refractivity contribution is 0.772. The van der Waals surface area contributed by atoms with Crippen molar-refractivity contribution in [2.24, 2.45) is 0 Å². The molecule has 40 valence electrons. The molecule has 0 aromatic rings. The third kappa shape index (κ3) is 8.83. The van der Waals surface area contributed by atoms with Crippen molar-refractivity contribution in [3.05, 3.63) is 0 Å². The molecule has 0 rings (SSSR count). The lowest BCUT2D eigenvalue weighted by Gasteiger charge is -1.84. The molecule has 0 aromatic carbocycles. The Labute approximate surface area is 43.1 Å². The highest BCUT2D eigenvalue weighted by atomic mass is 31.0. The van der Waals surface area contributed by atoms with Crippen LogP contribution < -0.4 is 5.32 Å². The van der Waals surface area contributed by atoms with Crippen molar-refractivity contribution in [1.82, 2.24) is 5.32 Å². The van der Waals surface area contributed by atoms with Gasteiger partial charge in [-0.15, -0.1) is 0 Å². The van der Waals surface area contributed by atoms with E-state index in [9.17, 15) is 0 Å². The van der Waals surface area contributed by atoms with E-state index in [0.29, 0.717) is 0 Å². The van der Waals surface area contributed by atoms with Crippen molar-refractivity contribution in [2.75, 3.05) is 13.6 Å². The van der Waals surface area contributed by atoms with Crippen LogP contribution in [0.15, 0.2) is 0 Å². The molecule has 0 fully saturated rings. The van der Waals surface area contributed by atoms with E-state index < -0.39 is 0 Å². The molecule has 0 radical (unpaired) electrons. The van der Waals surface area contributed by atoms with Crippen LogP contribution in [0.3, 0.4) is 0 Å². The molecule has 1 atom stereocenters. The van der Waals surface area contributed by atoms with Gasteiger partial charge in [-0.2, -0.15) is 9.90 Å². The zero-order valence-electron chi connectivity index (χ0n) is 4.62. The summed E-state index contributed by atoms with van der Waals surface area (Å²) in [4.78, 5) is 0. The van der Waals surface area contributed by atoms with Crippen LogP contribution in [0.2, 0.25) is 0 Å². The van der Waals surface area contributed by atoms with Gasteiger partial charge in [-0.25, -0.2) is 0 Å². The third-order valence-corrected chi connectivity index (χ3v) is 0.500. The average molecular weight is 107 g/mol. The van der Waals surface area contributed by atoms with Gasteiger partial charge in [0.25, 0.3) is 0 Å². The summed E-state index contributed by atoms with van der Waals surface area (Å²) < 4.78 is 0. The van der Waals surface area contributed by atoms with Crippen molar-refractivity contribution >= 4 is 9.90 Å². The predicted octanol–water partition coefficient (Wildman–Crippen LogP) is 0.674. The molecule has 0 spiro atoms. The largest absolute Gasteiger partial charge is 0.320 e. The second-order valence-corrected chi connectivity index (χ2v) is 1.10. The molecule has 1 nitrogen and oxygen atoms in total.